The summed E-state index contributed by atoms with van der Waals surface area (Å²) in [6.45, 7) is -0.407. The fourth-order valence-corrected chi connectivity index (χ4v) is 4.84. The quantitative estimate of drug-likeness (QED) is 0.739. The van der Waals surface area contributed by atoms with Crippen LogP contribution in [0, 0.1) is 17.8 Å². The van der Waals surface area contributed by atoms with Gasteiger partial charge < -0.3 is 15.7 Å². The Balaban J connectivity index is 1.54. The van der Waals surface area contributed by atoms with Crippen molar-refractivity contribution >= 4 is 6.03 Å². The summed E-state index contributed by atoms with van der Waals surface area (Å²) in [4.78, 5) is 11.9. The molecule has 1 unspecified atom stereocenters. The molecule has 4 aliphatic carbocycles. The number of urea groups is 1. The lowest BCUT2D eigenvalue weighted by molar-refractivity contribution is -0.0153. The predicted molar refractivity (Wildman–Crippen MR) is 69.4 cm³/mol. The second kappa shape index (κ2) is 5.13. The van der Waals surface area contributed by atoms with Gasteiger partial charge in [0.15, 0.2) is 0 Å². The monoisotopic (exact) mass is 288 g/mol. The Morgan fingerprint density at radius 2 is 1.65 bits per heavy atom. The molecule has 3 N–H and O–H groups in total. The zero-order valence-corrected chi connectivity index (χ0v) is 11.4. The maximum atomic E-state index is 12.2. The minimum atomic E-state index is -2.82. The zero-order chi connectivity index (χ0) is 14.3. The molecule has 4 rings (SSSR count). The van der Waals surface area contributed by atoms with Crippen LogP contribution in [0.1, 0.15) is 38.5 Å². The van der Waals surface area contributed by atoms with Crippen molar-refractivity contribution < 1.29 is 18.7 Å². The lowest BCUT2D eigenvalue weighted by Crippen LogP contribution is -2.61. The molecule has 4 saturated carbocycles. The predicted octanol–water partition coefficient (Wildman–Crippen LogP) is 1.88. The Labute approximate surface area is 117 Å². The minimum absolute atomic E-state index is 0.130. The van der Waals surface area contributed by atoms with Crippen LogP contribution in [-0.4, -0.2) is 35.8 Å². The van der Waals surface area contributed by atoms with Gasteiger partial charge in [-0.3, -0.25) is 0 Å². The molecule has 4 nitrogen and oxygen atoms in total. The number of hydrogen-bond donors (Lipinski definition) is 3. The maximum Gasteiger partial charge on any atom is 0.315 e. The van der Waals surface area contributed by atoms with Gasteiger partial charge in [-0.15, -0.1) is 0 Å². The molecule has 0 saturated heterocycles. The second-order valence-corrected chi connectivity index (χ2v) is 6.93. The van der Waals surface area contributed by atoms with Gasteiger partial charge in [0.2, 0.25) is 0 Å². The summed E-state index contributed by atoms with van der Waals surface area (Å²) >= 11 is 0. The van der Waals surface area contributed by atoms with E-state index < -0.39 is 25.1 Å². The van der Waals surface area contributed by atoms with Crippen molar-refractivity contribution in [2.45, 2.75) is 56.6 Å². The summed E-state index contributed by atoms with van der Waals surface area (Å²) < 4.78 is 24.3. The molecule has 4 aliphatic rings. The summed E-state index contributed by atoms with van der Waals surface area (Å²) in [6, 6.07) is -0.424. The third-order valence-electron chi connectivity index (χ3n) is 5.18. The van der Waals surface area contributed by atoms with E-state index >= 15 is 0 Å². The summed E-state index contributed by atoms with van der Waals surface area (Å²) in [5, 5.41) is 14.4. The van der Waals surface area contributed by atoms with Crippen LogP contribution in [0.15, 0.2) is 0 Å². The Hall–Kier alpha value is -0.910. The van der Waals surface area contributed by atoms with Crippen molar-refractivity contribution in [2.75, 3.05) is 6.54 Å². The number of rotatable bonds is 4. The molecule has 0 radical (unpaired) electrons. The van der Waals surface area contributed by atoms with E-state index in [4.69, 9.17) is 5.11 Å². The fourth-order valence-electron chi connectivity index (χ4n) is 4.84. The van der Waals surface area contributed by atoms with Crippen LogP contribution in [0.5, 0.6) is 0 Å². The minimum Gasteiger partial charge on any atom is -0.385 e. The molecule has 6 heteroatoms. The van der Waals surface area contributed by atoms with Crippen molar-refractivity contribution in [2.24, 2.45) is 17.8 Å². The topological polar surface area (TPSA) is 61.4 Å². The number of aliphatic hydroxyl groups excluding tert-OH is 1. The number of amides is 2. The molecule has 2 amide bonds. The molecule has 20 heavy (non-hydrogen) atoms. The normalized spacial score (nSPS) is 39.9. The van der Waals surface area contributed by atoms with Crippen molar-refractivity contribution in [3.8, 4) is 0 Å². The van der Waals surface area contributed by atoms with E-state index in [9.17, 15) is 13.6 Å². The maximum absolute atomic E-state index is 12.2. The molecule has 0 heterocycles. The molecule has 4 fully saturated rings. The highest BCUT2D eigenvalue weighted by atomic mass is 19.3. The molecule has 0 spiro atoms. The Bertz CT molecular complexity index is 354. The first kappa shape index (κ1) is 14.0. The highest BCUT2D eigenvalue weighted by molar-refractivity contribution is 5.75. The van der Waals surface area contributed by atoms with Gasteiger partial charge >= 0.3 is 6.03 Å². The molecule has 1 atom stereocenters. The Kier molecular flexibility index (Phi) is 3.60. The van der Waals surface area contributed by atoms with E-state index in [-0.39, 0.29) is 5.54 Å². The van der Waals surface area contributed by atoms with Crippen LogP contribution >= 0.6 is 0 Å². The van der Waals surface area contributed by atoms with Crippen molar-refractivity contribution in [1.29, 1.82) is 0 Å². The third kappa shape index (κ3) is 2.75. The number of carbonyl (C=O) groups is 1. The number of alkyl halides is 2. The van der Waals surface area contributed by atoms with Crippen LogP contribution in [0.3, 0.4) is 0 Å². The smallest absolute Gasteiger partial charge is 0.315 e. The summed E-state index contributed by atoms with van der Waals surface area (Å²) in [5.41, 5.74) is -0.130. The molecular weight excluding hydrogens is 266 g/mol. The van der Waals surface area contributed by atoms with Gasteiger partial charge in [0.05, 0.1) is 6.54 Å². The third-order valence-corrected chi connectivity index (χ3v) is 5.18. The van der Waals surface area contributed by atoms with Crippen molar-refractivity contribution in [1.82, 2.24) is 10.6 Å². The summed E-state index contributed by atoms with van der Waals surface area (Å²) in [6.07, 6.45) is 2.29. The average Bonchev–Trinajstić information content (AvgIpc) is 2.33. The van der Waals surface area contributed by atoms with E-state index in [1.807, 2.05) is 0 Å². The van der Waals surface area contributed by atoms with E-state index in [1.165, 1.54) is 19.3 Å². The van der Waals surface area contributed by atoms with Gasteiger partial charge in [-0.05, 0) is 56.3 Å². The molecule has 114 valence electrons. The first-order valence-corrected chi connectivity index (χ1v) is 7.48. The summed E-state index contributed by atoms with van der Waals surface area (Å²) in [5.74, 6) is 2.15. The first-order chi connectivity index (χ1) is 9.46. The van der Waals surface area contributed by atoms with Gasteiger partial charge in [0.1, 0.15) is 6.10 Å². The number of halogens is 2. The van der Waals surface area contributed by atoms with E-state index in [1.54, 1.807) is 0 Å². The second-order valence-electron chi connectivity index (χ2n) is 6.93. The van der Waals surface area contributed by atoms with E-state index in [0.29, 0.717) is 17.8 Å². The zero-order valence-electron chi connectivity index (χ0n) is 11.4. The van der Waals surface area contributed by atoms with Gasteiger partial charge in [0, 0.05) is 5.54 Å². The molecule has 4 bridgehead atoms. The van der Waals surface area contributed by atoms with Crippen LogP contribution in [0.4, 0.5) is 13.6 Å². The average molecular weight is 288 g/mol. The van der Waals surface area contributed by atoms with Crippen LogP contribution < -0.4 is 10.6 Å². The van der Waals surface area contributed by atoms with Gasteiger partial charge in [-0.25, -0.2) is 13.6 Å². The number of aliphatic hydroxyl groups is 1. The number of hydrogen-bond acceptors (Lipinski definition) is 2. The fraction of sp³-hybridized carbons (Fsp3) is 0.929. The molecule has 0 aromatic heterocycles. The van der Waals surface area contributed by atoms with Gasteiger partial charge in [-0.2, -0.15) is 0 Å². The Morgan fingerprint density at radius 1 is 1.15 bits per heavy atom. The van der Waals surface area contributed by atoms with Crippen LogP contribution in [-0.2, 0) is 0 Å². The lowest BCUT2D eigenvalue weighted by atomic mass is 9.53. The Morgan fingerprint density at radius 3 is 2.10 bits per heavy atom. The van der Waals surface area contributed by atoms with Gasteiger partial charge in [0.25, 0.3) is 6.43 Å². The van der Waals surface area contributed by atoms with E-state index in [0.717, 1.165) is 19.3 Å². The molecule has 0 aliphatic heterocycles. The van der Waals surface area contributed by atoms with Crippen molar-refractivity contribution in [3.63, 3.8) is 0 Å². The van der Waals surface area contributed by atoms with Crippen LogP contribution in [0.2, 0.25) is 0 Å². The lowest BCUT2D eigenvalue weighted by Gasteiger charge is -2.56. The van der Waals surface area contributed by atoms with Gasteiger partial charge in [-0.1, -0.05) is 0 Å². The van der Waals surface area contributed by atoms with Crippen molar-refractivity contribution in [3.05, 3.63) is 0 Å². The highest BCUT2D eigenvalue weighted by Gasteiger charge is 2.51. The van der Waals surface area contributed by atoms with Crippen LogP contribution in [0.25, 0.3) is 0 Å². The first-order valence-electron chi connectivity index (χ1n) is 7.48. The highest BCUT2D eigenvalue weighted by Crippen LogP contribution is 2.55. The number of nitrogens with one attached hydrogen (secondary N) is 2. The molecular formula is C14H22F2N2O2. The number of carbonyl (C=O) groups excluding carboxylic acids is 1. The van der Waals surface area contributed by atoms with E-state index in [2.05, 4.69) is 10.6 Å². The standard InChI is InChI=1S/C14H22F2N2O2/c15-12(16)11(19)7-17-13(20)18-14-4-8-1-9(5-14)3-10(2-8)6-14/h8-12,19H,1-7H2,(H2,17,18,20). The SMILES string of the molecule is O=C(NCC(O)C(F)F)NC12CC3CC(CC(C3)C1)C2. The summed E-state index contributed by atoms with van der Waals surface area (Å²) in [7, 11) is 0. The largest absolute Gasteiger partial charge is 0.385 e. The molecule has 0 aromatic rings. The molecule has 0 aromatic carbocycles.